The molecule has 0 radical (unpaired) electrons. The lowest BCUT2D eigenvalue weighted by molar-refractivity contribution is -0.119. The fourth-order valence-corrected chi connectivity index (χ4v) is 5.27. The number of halogens is 2. The number of nitrogens with zero attached hydrogens (tertiary/aromatic N) is 1. The van der Waals surface area contributed by atoms with Gasteiger partial charge < -0.3 is 4.90 Å². The van der Waals surface area contributed by atoms with E-state index in [1.54, 1.807) is 17.0 Å². The van der Waals surface area contributed by atoms with E-state index in [1.807, 2.05) is 0 Å². The first-order valence-corrected chi connectivity index (χ1v) is 10.5. The number of hydrogen-bond acceptors (Lipinski definition) is 3. The van der Waals surface area contributed by atoms with Crippen molar-refractivity contribution < 1.29 is 13.2 Å². The molecule has 1 N–H and O–H groups in total. The molecule has 0 saturated carbocycles. The molecule has 5 nitrogen and oxygen atoms in total. The molecule has 0 bridgehead atoms. The number of hydrogen-bond donors (Lipinski definition) is 1. The number of anilines is 2. The quantitative estimate of drug-likeness (QED) is 0.830. The van der Waals surface area contributed by atoms with Crippen LogP contribution >= 0.6 is 23.2 Å². The van der Waals surface area contributed by atoms with Crippen molar-refractivity contribution in [1.82, 2.24) is 0 Å². The molecule has 0 spiro atoms. The van der Waals surface area contributed by atoms with Crippen LogP contribution in [-0.2, 0) is 27.7 Å². The maximum absolute atomic E-state index is 12.9. The van der Waals surface area contributed by atoms with Crippen LogP contribution < -0.4 is 9.62 Å². The lowest BCUT2D eigenvalue weighted by atomic mass is 9.92. The van der Waals surface area contributed by atoms with Crippen LogP contribution in [0.3, 0.4) is 0 Å². The summed E-state index contributed by atoms with van der Waals surface area (Å²) in [5, 5.41) is 0.703. The van der Waals surface area contributed by atoms with Crippen molar-refractivity contribution in [2.24, 2.45) is 0 Å². The van der Waals surface area contributed by atoms with Crippen LogP contribution in [0.2, 0.25) is 10.0 Å². The summed E-state index contributed by atoms with van der Waals surface area (Å²) in [6, 6.07) is 7.88. The van der Waals surface area contributed by atoms with Gasteiger partial charge in [0.25, 0.3) is 10.0 Å². The molecule has 26 heavy (non-hydrogen) atoms. The minimum Gasteiger partial charge on any atom is -0.312 e. The first-order valence-electron chi connectivity index (χ1n) is 8.28. The minimum atomic E-state index is -3.79. The third kappa shape index (κ3) is 3.17. The Labute approximate surface area is 162 Å². The van der Waals surface area contributed by atoms with Crippen molar-refractivity contribution in [3.8, 4) is 0 Å². The molecule has 0 atom stereocenters. The average molecular weight is 411 g/mol. The Bertz CT molecular complexity index is 984. The molecule has 2 aromatic rings. The highest BCUT2D eigenvalue weighted by atomic mass is 35.5. The van der Waals surface area contributed by atoms with E-state index in [1.165, 1.54) is 18.2 Å². The molecular weight excluding hydrogens is 395 g/mol. The van der Waals surface area contributed by atoms with E-state index in [0.29, 0.717) is 35.1 Å². The molecule has 0 unspecified atom stereocenters. The van der Waals surface area contributed by atoms with Gasteiger partial charge in [-0.15, -0.1) is 0 Å². The van der Waals surface area contributed by atoms with Gasteiger partial charge in [-0.3, -0.25) is 9.52 Å². The van der Waals surface area contributed by atoms with E-state index in [-0.39, 0.29) is 10.8 Å². The number of aryl methyl sites for hydroxylation is 2. The van der Waals surface area contributed by atoms with Crippen molar-refractivity contribution in [2.75, 3.05) is 16.2 Å². The van der Waals surface area contributed by atoms with Crippen LogP contribution in [0.1, 0.15) is 24.0 Å². The molecule has 2 aromatic carbocycles. The lowest BCUT2D eigenvalue weighted by Gasteiger charge is -2.35. The normalized spacial score (nSPS) is 16.4. The zero-order valence-corrected chi connectivity index (χ0v) is 16.1. The van der Waals surface area contributed by atoms with Gasteiger partial charge in [-0.25, -0.2) is 8.42 Å². The van der Waals surface area contributed by atoms with Crippen LogP contribution in [0.5, 0.6) is 0 Å². The summed E-state index contributed by atoms with van der Waals surface area (Å²) in [5.74, 6) is 0.112. The largest absolute Gasteiger partial charge is 0.312 e. The molecule has 2 heterocycles. The SMILES string of the molecule is O=C1CCc2cc(S(=O)(=O)Nc3cc(Cl)cc(Cl)c3)cc3c2N1CCC3. The van der Waals surface area contributed by atoms with E-state index >= 15 is 0 Å². The zero-order chi connectivity index (χ0) is 18.5. The maximum Gasteiger partial charge on any atom is 0.261 e. The fourth-order valence-electron chi connectivity index (χ4n) is 3.60. The number of carbonyl (C=O) groups is 1. The van der Waals surface area contributed by atoms with Crippen LogP contribution in [0.25, 0.3) is 0 Å². The molecule has 136 valence electrons. The molecule has 0 fully saturated rings. The summed E-state index contributed by atoms with van der Waals surface area (Å²) in [4.78, 5) is 14.1. The summed E-state index contributed by atoms with van der Waals surface area (Å²) in [5.41, 5.74) is 3.03. The first kappa shape index (κ1) is 17.6. The summed E-state index contributed by atoms with van der Waals surface area (Å²) in [7, 11) is -3.79. The zero-order valence-electron chi connectivity index (χ0n) is 13.8. The van der Waals surface area contributed by atoms with Crippen LogP contribution in [-0.4, -0.2) is 20.9 Å². The van der Waals surface area contributed by atoms with Gasteiger partial charge in [0, 0.05) is 23.0 Å². The van der Waals surface area contributed by atoms with Crippen molar-refractivity contribution in [3.05, 3.63) is 51.5 Å². The van der Waals surface area contributed by atoms with Crippen molar-refractivity contribution >= 4 is 50.5 Å². The van der Waals surface area contributed by atoms with Crippen molar-refractivity contribution in [3.63, 3.8) is 0 Å². The molecule has 2 aliphatic heterocycles. The Kier molecular flexibility index (Phi) is 4.37. The van der Waals surface area contributed by atoms with Gasteiger partial charge in [0.1, 0.15) is 0 Å². The predicted octanol–water partition coefficient (Wildman–Crippen LogP) is 4.02. The number of carbonyl (C=O) groups excluding carboxylic acids is 1. The molecule has 1 amide bonds. The Morgan fingerprint density at radius 2 is 1.58 bits per heavy atom. The first-order chi connectivity index (χ1) is 12.3. The van der Waals surface area contributed by atoms with Crippen LogP contribution in [0.15, 0.2) is 35.2 Å². The number of benzene rings is 2. The number of rotatable bonds is 3. The smallest absolute Gasteiger partial charge is 0.261 e. The van der Waals surface area contributed by atoms with Crippen molar-refractivity contribution in [1.29, 1.82) is 0 Å². The lowest BCUT2D eigenvalue weighted by Crippen LogP contribution is -2.39. The molecule has 2 aliphatic rings. The minimum absolute atomic E-state index is 0.112. The van der Waals surface area contributed by atoms with Gasteiger partial charge in [0.15, 0.2) is 0 Å². The van der Waals surface area contributed by atoms with Crippen molar-refractivity contribution in [2.45, 2.75) is 30.6 Å². The molecule has 8 heteroatoms. The number of nitrogens with one attached hydrogen (secondary N) is 1. The molecule has 4 rings (SSSR count). The molecule has 0 aliphatic carbocycles. The standard InChI is InChI=1S/C18H16Cl2N2O3S/c19-13-8-14(20)10-15(9-13)21-26(24,25)16-6-11-2-1-5-22-17(23)4-3-12(7-16)18(11)22/h6-10,21H,1-5H2. The Morgan fingerprint density at radius 3 is 2.27 bits per heavy atom. The van der Waals surface area contributed by atoms with E-state index in [0.717, 1.165) is 29.7 Å². The van der Waals surface area contributed by atoms with Gasteiger partial charge in [-0.1, -0.05) is 23.2 Å². The summed E-state index contributed by atoms with van der Waals surface area (Å²) >= 11 is 11.9. The average Bonchev–Trinajstić information content (AvgIpc) is 2.56. The Balaban J connectivity index is 1.75. The maximum atomic E-state index is 12.9. The van der Waals surface area contributed by atoms with E-state index in [4.69, 9.17) is 23.2 Å². The molecular formula is C18H16Cl2N2O3S. The second-order valence-electron chi connectivity index (χ2n) is 6.50. The Hall–Kier alpha value is -1.76. The van der Waals surface area contributed by atoms with E-state index < -0.39 is 10.0 Å². The van der Waals surface area contributed by atoms with E-state index in [2.05, 4.69) is 4.72 Å². The second-order valence-corrected chi connectivity index (χ2v) is 9.06. The van der Waals surface area contributed by atoms with Gasteiger partial charge in [0.2, 0.25) is 5.91 Å². The van der Waals surface area contributed by atoms with Gasteiger partial charge >= 0.3 is 0 Å². The number of sulfonamides is 1. The summed E-state index contributed by atoms with van der Waals surface area (Å²) in [6.07, 6.45) is 2.56. The second kappa shape index (κ2) is 6.44. The highest BCUT2D eigenvalue weighted by Gasteiger charge is 2.31. The highest BCUT2D eigenvalue weighted by molar-refractivity contribution is 7.92. The third-order valence-electron chi connectivity index (χ3n) is 4.67. The van der Waals surface area contributed by atoms with E-state index in [9.17, 15) is 13.2 Å². The third-order valence-corrected chi connectivity index (χ3v) is 6.47. The number of amides is 1. The summed E-state index contributed by atoms with van der Waals surface area (Å²) in [6.45, 7) is 0.699. The van der Waals surface area contributed by atoms with Crippen LogP contribution in [0.4, 0.5) is 11.4 Å². The van der Waals surface area contributed by atoms with Gasteiger partial charge in [-0.05, 0) is 60.7 Å². The molecule has 0 aromatic heterocycles. The molecule has 0 saturated heterocycles. The van der Waals surface area contributed by atoms with Gasteiger partial charge in [0.05, 0.1) is 16.3 Å². The highest BCUT2D eigenvalue weighted by Crippen LogP contribution is 2.38. The monoisotopic (exact) mass is 410 g/mol. The van der Waals surface area contributed by atoms with Gasteiger partial charge in [-0.2, -0.15) is 0 Å². The summed E-state index contributed by atoms with van der Waals surface area (Å²) < 4.78 is 28.3. The predicted molar refractivity (Wildman–Crippen MR) is 103 cm³/mol. The van der Waals surface area contributed by atoms with Crippen LogP contribution in [0, 0.1) is 0 Å². The fraction of sp³-hybridized carbons (Fsp3) is 0.278. The Morgan fingerprint density at radius 1 is 0.923 bits per heavy atom. The topological polar surface area (TPSA) is 66.5 Å².